The predicted molar refractivity (Wildman–Crippen MR) is 78.2 cm³/mol. The van der Waals surface area contributed by atoms with Gasteiger partial charge in [-0.1, -0.05) is 29.8 Å². The van der Waals surface area contributed by atoms with E-state index in [1.54, 1.807) is 30.3 Å². The molecule has 0 spiro atoms. The van der Waals surface area contributed by atoms with Gasteiger partial charge in [0.25, 0.3) is 0 Å². The topological polar surface area (TPSA) is 41.5 Å². The first-order chi connectivity index (χ1) is 9.97. The van der Waals surface area contributed by atoms with Crippen molar-refractivity contribution in [2.24, 2.45) is 0 Å². The fraction of sp³-hybridized carbons (Fsp3) is 0.200. The fourth-order valence-electron chi connectivity index (χ4n) is 1.97. The molecular weight excluding hydrogens is 300 g/mol. The molecule has 21 heavy (non-hydrogen) atoms. The van der Waals surface area contributed by atoms with Crippen LogP contribution in [0.15, 0.2) is 42.5 Å². The van der Waals surface area contributed by atoms with Gasteiger partial charge in [0.2, 0.25) is 0 Å². The first-order valence-corrected chi connectivity index (χ1v) is 6.64. The van der Waals surface area contributed by atoms with Crippen LogP contribution in [0.1, 0.15) is 18.5 Å². The number of phenolic OH excluding ortho intramolecular Hbond substituents is 1. The average Bonchev–Trinajstić information content (AvgIpc) is 2.43. The lowest BCUT2D eigenvalue weighted by Crippen LogP contribution is -2.11. The van der Waals surface area contributed by atoms with Crippen LogP contribution >= 0.6 is 11.6 Å². The van der Waals surface area contributed by atoms with E-state index in [0.29, 0.717) is 11.3 Å². The Morgan fingerprint density at radius 1 is 1.19 bits per heavy atom. The number of hydrogen-bond acceptors (Lipinski definition) is 3. The summed E-state index contributed by atoms with van der Waals surface area (Å²) in [6.45, 7) is -1.06. The summed E-state index contributed by atoms with van der Waals surface area (Å²) in [5, 5.41) is 12.7. The molecule has 0 aliphatic heterocycles. The molecule has 0 saturated carbocycles. The van der Waals surface area contributed by atoms with Crippen molar-refractivity contribution in [2.75, 3.05) is 5.32 Å². The van der Waals surface area contributed by atoms with E-state index in [4.69, 9.17) is 11.6 Å². The monoisotopic (exact) mass is 313 g/mol. The zero-order chi connectivity index (χ0) is 15.4. The van der Waals surface area contributed by atoms with Gasteiger partial charge in [-0.2, -0.15) is 8.78 Å². The maximum absolute atomic E-state index is 12.4. The van der Waals surface area contributed by atoms with Gasteiger partial charge in [-0.05, 0) is 31.2 Å². The van der Waals surface area contributed by atoms with E-state index in [9.17, 15) is 13.9 Å². The third kappa shape index (κ3) is 3.98. The second-order valence-electron chi connectivity index (χ2n) is 4.45. The van der Waals surface area contributed by atoms with Crippen molar-refractivity contribution < 1.29 is 18.6 Å². The summed E-state index contributed by atoms with van der Waals surface area (Å²) in [6, 6.07) is 11.0. The standard InChI is InChI=1S/C15H14ClF2NO2/c1-9(19-10-6-7-13(20)12(16)8-10)11-4-2-3-5-14(11)21-15(17)18/h2-9,15,19-20H,1H3. The Kier molecular flexibility index (Phi) is 4.85. The van der Waals surface area contributed by atoms with Crippen molar-refractivity contribution in [2.45, 2.75) is 19.6 Å². The SMILES string of the molecule is CC(Nc1ccc(O)c(Cl)c1)c1ccccc1OC(F)F. The number of alkyl halides is 2. The molecule has 0 aromatic heterocycles. The Morgan fingerprint density at radius 3 is 2.57 bits per heavy atom. The summed E-state index contributed by atoms with van der Waals surface area (Å²) in [5.74, 6) is 0.105. The van der Waals surface area contributed by atoms with Crippen LogP contribution in [0.4, 0.5) is 14.5 Å². The van der Waals surface area contributed by atoms with Crippen LogP contribution in [0, 0.1) is 0 Å². The zero-order valence-electron chi connectivity index (χ0n) is 11.2. The molecule has 0 aliphatic carbocycles. The maximum Gasteiger partial charge on any atom is 0.387 e. The van der Waals surface area contributed by atoms with Gasteiger partial charge in [0.15, 0.2) is 0 Å². The van der Waals surface area contributed by atoms with Crippen molar-refractivity contribution in [1.82, 2.24) is 0 Å². The van der Waals surface area contributed by atoms with E-state index in [-0.39, 0.29) is 22.6 Å². The van der Waals surface area contributed by atoms with Crippen LogP contribution in [-0.2, 0) is 0 Å². The molecule has 0 amide bonds. The van der Waals surface area contributed by atoms with E-state index < -0.39 is 6.61 Å². The first kappa shape index (κ1) is 15.4. The van der Waals surface area contributed by atoms with Gasteiger partial charge in [-0.15, -0.1) is 0 Å². The smallest absolute Gasteiger partial charge is 0.387 e. The summed E-state index contributed by atoms with van der Waals surface area (Å²) >= 11 is 5.83. The van der Waals surface area contributed by atoms with E-state index in [2.05, 4.69) is 10.1 Å². The molecule has 0 radical (unpaired) electrons. The van der Waals surface area contributed by atoms with E-state index >= 15 is 0 Å². The number of hydrogen-bond donors (Lipinski definition) is 2. The maximum atomic E-state index is 12.4. The van der Waals surface area contributed by atoms with Gasteiger partial charge in [-0.3, -0.25) is 0 Å². The number of benzene rings is 2. The molecule has 2 N–H and O–H groups in total. The first-order valence-electron chi connectivity index (χ1n) is 6.26. The molecule has 6 heteroatoms. The van der Waals surface area contributed by atoms with Crippen molar-refractivity contribution in [3.8, 4) is 11.5 Å². The number of ether oxygens (including phenoxy) is 1. The van der Waals surface area contributed by atoms with Crippen LogP contribution in [0.2, 0.25) is 5.02 Å². The Labute approximate surface area is 126 Å². The summed E-state index contributed by atoms with van der Waals surface area (Å²) in [6.07, 6.45) is 0. The number of aromatic hydroxyl groups is 1. The largest absolute Gasteiger partial charge is 0.506 e. The molecule has 2 rings (SSSR count). The lowest BCUT2D eigenvalue weighted by Gasteiger charge is -2.19. The number of para-hydroxylation sites is 1. The molecule has 0 saturated heterocycles. The minimum atomic E-state index is -2.87. The summed E-state index contributed by atoms with van der Waals surface area (Å²) in [4.78, 5) is 0. The molecule has 1 unspecified atom stereocenters. The molecule has 2 aromatic rings. The highest BCUT2D eigenvalue weighted by atomic mass is 35.5. The fourth-order valence-corrected chi connectivity index (χ4v) is 2.15. The van der Waals surface area contributed by atoms with Crippen molar-refractivity contribution in [3.63, 3.8) is 0 Å². The minimum Gasteiger partial charge on any atom is -0.506 e. The summed E-state index contributed by atoms with van der Waals surface area (Å²) in [5.41, 5.74) is 1.26. The molecule has 3 nitrogen and oxygen atoms in total. The van der Waals surface area contributed by atoms with Crippen LogP contribution < -0.4 is 10.1 Å². The lowest BCUT2D eigenvalue weighted by atomic mass is 10.1. The van der Waals surface area contributed by atoms with Crippen LogP contribution in [-0.4, -0.2) is 11.7 Å². The van der Waals surface area contributed by atoms with Crippen molar-refractivity contribution >= 4 is 17.3 Å². The second-order valence-corrected chi connectivity index (χ2v) is 4.86. The van der Waals surface area contributed by atoms with E-state index in [0.717, 1.165) is 0 Å². The predicted octanol–water partition coefficient (Wildman–Crippen LogP) is 4.82. The number of nitrogens with one attached hydrogen (secondary N) is 1. The third-order valence-electron chi connectivity index (χ3n) is 2.93. The molecule has 112 valence electrons. The van der Waals surface area contributed by atoms with Gasteiger partial charge in [0, 0.05) is 11.3 Å². The lowest BCUT2D eigenvalue weighted by molar-refractivity contribution is -0.0505. The molecule has 1 atom stereocenters. The van der Waals surface area contributed by atoms with Gasteiger partial charge in [0.1, 0.15) is 11.5 Å². The average molecular weight is 314 g/mol. The molecule has 0 bridgehead atoms. The van der Waals surface area contributed by atoms with Gasteiger partial charge in [-0.25, -0.2) is 0 Å². The normalized spacial score (nSPS) is 12.2. The highest BCUT2D eigenvalue weighted by Crippen LogP contribution is 2.31. The molecule has 0 aliphatic rings. The van der Waals surface area contributed by atoms with Crippen LogP contribution in [0.25, 0.3) is 0 Å². The Hall–Kier alpha value is -2.01. The van der Waals surface area contributed by atoms with Gasteiger partial charge < -0.3 is 15.2 Å². The number of phenols is 1. The van der Waals surface area contributed by atoms with E-state index in [1.807, 2.05) is 6.92 Å². The van der Waals surface area contributed by atoms with Crippen LogP contribution in [0.5, 0.6) is 11.5 Å². The highest BCUT2D eigenvalue weighted by Gasteiger charge is 2.14. The molecule has 2 aromatic carbocycles. The minimum absolute atomic E-state index is 0.0173. The zero-order valence-corrected chi connectivity index (χ0v) is 11.9. The van der Waals surface area contributed by atoms with Gasteiger partial charge in [0.05, 0.1) is 11.1 Å². The molecule has 0 fully saturated rings. The van der Waals surface area contributed by atoms with Crippen molar-refractivity contribution in [1.29, 1.82) is 0 Å². The third-order valence-corrected chi connectivity index (χ3v) is 3.24. The van der Waals surface area contributed by atoms with Crippen molar-refractivity contribution in [3.05, 3.63) is 53.1 Å². The number of halogens is 3. The summed E-state index contributed by atoms with van der Waals surface area (Å²) in [7, 11) is 0. The highest BCUT2D eigenvalue weighted by molar-refractivity contribution is 6.32. The van der Waals surface area contributed by atoms with Gasteiger partial charge >= 0.3 is 6.61 Å². The molecular formula is C15H14ClF2NO2. The second kappa shape index (κ2) is 6.63. The Bertz CT molecular complexity index is 622. The Balaban J connectivity index is 2.19. The quantitative estimate of drug-likeness (QED) is 0.778. The molecule has 0 heterocycles. The number of anilines is 1. The number of rotatable bonds is 5. The summed E-state index contributed by atoms with van der Waals surface area (Å²) < 4.78 is 29.3. The van der Waals surface area contributed by atoms with Crippen LogP contribution in [0.3, 0.4) is 0 Å². The van der Waals surface area contributed by atoms with E-state index in [1.165, 1.54) is 12.1 Å². The Morgan fingerprint density at radius 2 is 1.90 bits per heavy atom.